The van der Waals surface area contributed by atoms with E-state index in [9.17, 15) is 8.42 Å². The second kappa shape index (κ2) is 5.94. The third-order valence-corrected chi connectivity index (χ3v) is 6.38. The van der Waals surface area contributed by atoms with Gasteiger partial charge in [0.1, 0.15) is 4.90 Å². The average Bonchev–Trinajstić information content (AvgIpc) is 2.55. The molecule has 1 saturated heterocycles. The highest BCUT2D eigenvalue weighted by Crippen LogP contribution is 2.30. The van der Waals surface area contributed by atoms with E-state index in [4.69, 9.17) is 5.73 Å². The fraction of sp³-hybridized carbons (Fsp3) is 0.600. The van der Waals surface area contributed by atoms with Gasteiger partial charge in [-0.1, -0.05) is 12.1 Å². The lowest BCUT2D eigenvalue weighted by atomic mass is 10.1. The Morgan fingerprint density at radius 1 is 1.19 bits per heavy atom. The normalized spacial score (nSPS) is 22.2. The number of sulfonamides is 1. The highest BCUT2D eigenvalue weighted by molar-refractivity contribution is 7.89. The number of nitrogens with zero attached hydrogens (tertiary/aromatic N) is 2. The smallest absolute Gasteiger partial charge is 0.245 e. The van der Waals surface area contributed by atoms with Crippen molar-refractivity contribution in [3.05, 3.63) is 23.3 Å². The van der Waals surface area contributed by atoms with Crippen LogP contribution in [-0.2, 0) is 10.0 Å². The Labute approximate surface area is 127 Å². The van der Waals surface area contributed by atoms with E-state index in [0.29, 0.717) is 17.8 Å². The molecule has 0 amide bonds. The molecule has 1 heterocycles. The van der Waals surface area contributed by atoms with Crippen molar-refractivity contribution in [3.8, 4) is 0 Å². The van der Waals surface area contributed by atoms with Gasteiger partial charge in [0, 0.05) is 19.1 Å². The van der Waals surface area contributed by atoms with E-state index in [-0.39, 0.29) is 10.9 Å². The van der Waals surface area contributed by atoms with E-state index in [1.165, 1.54) is 0 Å². The van der Waals surface area contributed by atoms with Crippen molar-refractivity contribution < 1.29 is 8.42 Å². The van der Waals surface area contributed by atoms with E-state index < -0.39 is 10.0 Å². The van der Waals surface area contributed by atoms with E-state index >= 15 is 0 Å². The van der Waals surface area contributed by atoms with Gasteiger partial charge in [0.15, 0.2) is 0 Å². The van der Waals surface area contributed by atoms with Crippen LogP contribution in [0.5, 0.6) is 0 Å². The third kappa shape index (κ3) is 3.07. The Balaban J connectivity index is 2.49. The topological polar surface area (TPSA) is 66.6 Å². The molecule has 2 rings (SSSR count). The summed E-state index contributed by atoms with van der Waals surface area (Å²) < 4.78 is 27.8. The molecular formula is C15H25N3O2S. The molecule has 0 saturated carbocycles. The minimum atomic E-state index is -3.56. The fourth-order valence-corrected chi connectivity index (χ4v) is 5.03. The first kappa shape index (κ1) is 16.3. The lowest BCUT2D eigenvalue weighted by molar-refractivity contribution is 0.290. The van der Waals surface area contributed by atoms with Gasteiger partial charge in [-0.15, -0.1) is 0 Å². The van der Waals surface area contributed by atoms with Crippen LogP contribution in [0.4, 0.5) is 5.69 Å². The summed E-state index contributed by atoms with van der Waals surface area (Å²) in [6, 6.07) is 3.64. The molecule has 0 aromatic heterocycles. The SMILES string of the molecule is Cc1ccc(C)c(S(=O)(=O)N2CCCN(C)CC2C)c1N. The first-order valence-corrected chi connectivity index (χ1v) is 8.75. The lowest BCUT2D eigenvalue weighted by Crippen LogP contribution is -2.42. The van der Waals surface area contributed by atoms with Crippen molar-refractivity contribution >= 4 is 15.7 Å². The molecule has 0 bridgehead atoms. The van der Waals surface area contributed by atoms with Gasteiger partial charge >= 0.3 is 0 Å². The van der Waals surface area contributed by atoms with Gasteiger partial charge in [0.2, 0.25) is 10.0 Å². The van der Waals surface area contributed by atoms with Crippen molar-refractivity contribution in [1.82, 2.24) is 9.21 Å². The van der Waals surface area contributed by atoms with Gasteiger partial charge in [0.05, 0.1) is 5.69 Å². The molecule has 1 aliphatic heterocycles. The molecule has 6 heteroatoms. The minimum Gasteiger partial charge on any atom is -0.397 e. The Morgan fingerprint density at radius 3 is 2.48 bits per heavy atom. The van der Waals surface area contributed by atoms with E-state index in [2.05, 4.69) is 4.90 Å². The molecular weight excluding hydrogens is 286 g/mol. The van der Waals surface area contributed by atoms with Crippen molar-refractivity contribution in [2.24, 2.45) is 0 Å². The zero-order valence-electron chi connectivity index (χ0n) is 13.3. The summed E-state index contributed by atoms with van der Waals surface area (Å²) in [4.78, 5) is 2.45. The number of benzene rings is 1. The quantitative estimate of drug-likeness (QED) is 0.843. The van der Waals surface area contributed by atoms with Gasteiger partial charge in [-0.25, -0.2) is 8.42 Å². The molecule has 118 valence electrons. The summed E-state index contributed by atoms with van der Waals surface area (Å²) in [7, 11) is -1.53. The highest BCUT2D eigenvalue weighted by Gasteiger charge is 2.33. The van der Waals surface area contributed by atoms with Crippen LogP contribution < -0.4 is 5.73 Å². The van der Waals surface area contributed by atoms with Gasteiger partial charge < -0.3 is 10.6 Å². The molecule has 1 unspecified atom stereocenters. The summed E-state index contributed by atoms with van der Waals surface area (Å²) >= 11 is 0. The van der Waals surface area contributed by atoms with Crippen molar-refractivity contribution in [1.29, 1.82) is 0 Å². The number of hydrogen-bond acceptors (Lipinski definition) is 4. The molecule has 0 aliphatic carbocycles. The number of nitrogen functional groups attached to an aromatic ring is 1. The van der Waals surface area contributed by atoms with Crippen LogP contribution in [0.2, 0.25) is 0 Å². The Morgan fingerprint density at radius 2 is 1.81 bits per heavy atom. The van der Waals surface area contributed by atoms with E-state index in [1.54, 1.807) is 11.2 Å². The Bertz CT molecular complexity index is 628. The summed E-state index contributed by atoms with van der Waals surface area (Å²) in [5, 5.41) is 0. The Hall–Kier alpha value is -1.11. The maximum atomic E-state index is 13.1. The second-order valence-corrected chi connectivity index (χ2v) is 7.85. The average molecular weight is 311 g/mol. The molecule has 1 aromatic rings. The van der Waals surface area contributed by atoms with Gasteiger partial charge in [-0.05, 0) is 51.9 Å². The minimum absolute atomic E-state index is 0.0539. The zero-order valence-corrected chi connectivity index (χ0v) is 14.1. The van der Waals surface area contributed by atoms with Gasteiger partial charge in [-0.3, -0.25) is 0 Å². The number of nitrogens with two attached hydrogens (primary N) is 1. The summed E-state index contributed by atoms with van der Waals surface area (Å²) in [6.07, 6.45) is 0.838. The van der Waals surface area contributed by atoms with Crippen LogP contribution in [0.1, 0.15) is 24.5 Å². The fourth-order valence-electron chi connectivity index (χ4n) is 2.97. The predicted octanol–water partition coefficient (Wildman–Crippen LogP) is 1.60. The number of aryl methyl sites for hydroxylation is 2. The standard InChI is InChI=1S/C15H25N3O2S/c1-11-6-7-12(2)15(14(11)16)21(19,20)18-9-5-8-17(4)10-13(18)3/h6-7,13H,5,8-10,16H2,1-4H3. The van der Waals surface area contributed by atoms with Crippen LogP contribution in [0.3, 0.4) is 0 Å². The molecule has 1 atom stereocenters. The molecule has 0 spiro atoms. The first-order valence-electron chi connectivity index (χ1n) is 7.31. The molecule has 5 nitrogen and oxygen atoms in total. The van der Waals surface area contributed by atoms with Crippen molar-refractivity contribution in [2.75, 3.05) is 32.4 Å². The largest absolute Gasteiger partial charge is 0.397 e. The van der Waals surface area contributed by atoms with Gasteiger partial charge in [0.25, 0.3) is 0 Å². The molecule has 1 fully saturated rings. The van der Waals surface area contributed by atoms with E-state index in [0.717, 1.165) is 25.1 Å². The highest BCUT2D eigenvalue weighted by atomic mass is 32.2. The van der Waals surface area contributed by atoms with Crippen LogP contribution >= 0.6 is 0 Å². The maximum absolute atomic E-state index is 13.1. The van der Waals surface area contributed by atoms with Crippen molar-refractivity contribution in [2.45, 2.75) is 38.1 Å². The maximum Gasteiger partial charge on any atom is 0.245 e. The first-order chi connectivity index (χ1) is 9.75. The molecule has 1 aliphatic rings. The summed E-state index contributed by atoms with van der Waals surface area (Å²) in [6.45, 7) is 7.80. The molecule has 2 N–H and O–H groups in total. The van der Waals surface area contributed by atoms with E-state index in [1.807, 2.05) is 33.0 Å². The van der Waals surface area contributed by atoms with Crippen LogP contribution in [0.25, 0.3) is 0 Å². The lowest BCUT2D eigenvalue weighted by Gasteiger charge is -2.28. The van der Waals surface area contributed by atoms with Crippen LogP contribution in [0.15, 0.2) is 17.0 Å². The summed E-state index contributed by atoms with van der Waals surface area (Å²) in [5.41, 5.74) is 7.96. The molecule has 1 aromatic carbocycles. The van der Waals surface area contributed by atoms with Crippen molar-refractivity contribution in [3.63, 3.8) is 0 Å². The molecule has 0 radical (unpaired) electrons. The predicted molar refractivity (Wildman–Crippen MR) is 85.8 cm³/mol. The number of likely N-dealkylation sites (N-methyl/N-ethyl adjacent to an activating group) is 1. The third-order valence-electron chi connectivity index (χ3n) is 4.16. The van der Waals surface area contributed by atoms with Crippen LogP contribution in [0, 0.1) is 13.8 Å². The number of rotatable bonds is 2. The Kier molecular flexibility index (Phi) is 4.60. The number of anilines is 1. The molecule has 21 heavy (non-hydrogen) atoms. The second-order valence-electron chi connectivity index (χ2n) is 6.02. The summed E-state index contributed by atoms with van der Waals surface area (Å²) in [5.74, 6) is 0. The monoisotopic (exact) mass is 311 g/mol. The van der Waals surface area contributed by atoms with Crippen LogP contribution in [-0.4, -0.2) is 50.3 Å². The zero-order chi connectivity index (χ0) is 15.8. The number of hydrogen-bond donors (Lipinski definition) is 1. The van der Waals surface area contributed by atoms with Gasteiger partial charge in [-0.2, -0.15) is 4.31 Å².